The second kappa shape index (κ2) is 4.32. The maximum absolute atomic E-state index is 6.12. The first-order valence-electron chi connectivity index (χ1n) is 7.12. The third kappa shape index (κ3) is 1.70. The number of likely N-dealkylation sites (N-methyl/N-ethyl adjacent to an activating group) is 1. The molecule has 4 nitrogen and oxygen atoms in total. The average molecular weight is 257 g/mol. The molecule has 19 heavy (non-hydrogen) atoms. The first-order chi connectivity index (χ1) is 9.34. The van der Waals surface area contributed by atoms with Gasteiger partial charge in [0.15, 0.2) is 0 Å². The van der Waals surface area contributed by atoms with Gasteiger partial charge in [-0.05, 0) is 32.5 Å². The van der Waals surface area contributed by atoms with Crippen LogP contribution in [-0.4, -0.2) is 40.9 Å². The van der Waals surface area contributed by atoms with E-state index in [1.807, 2.05) is 0 Å². The number of hydrogen-bond donors (Lipinski definition) is 0. The van der Waals surface area contributed by atoms with E-state index in [2.05, 4.69) is 40.9 Å². The minimum absolute atomic E-state index is 0.175. The first-order valence-corrected chi connectivity index (χ1v) is 7.12. The van der Waals surface area contributed by atoms with E-state index in [-0.39, 0.29) is 6.10 Å². The van der Waals surface area contributed by atoms with Gasteiger partial charge in [-0.25, -0.2) is 0 Å². The molecule has 1 aromatic carbocycles. The molecular formula is C15H19N3O. The predicted molar refractivity (Wildman–Crippen MR) is 74.1 cm³/mol. The average Bonchev–Trinajstić information content (AvgIpc) is 3.01. The molecule has 3 heterocycles. The largest absolute Gasteiger partial charge is 0.368 e. The van der Waals surface area contributed by atoms with E-state index in [0.29, 0.717) is 6.04 Å². The summed E-state index contributed by atoms with van der Waals surface area (Å²) in [6.45, 7) is 2.82. The summed E-state index contributed by atoms with van der Waals surface area (Å²) in [4.78, 5) is 2.43. The molecule has 2 aliphatic heterocycles. The molecule has 1 saturated heterocycles. The van der Waals surface area contributed by atoms with Crippen LogP contribution in [0.15, 0.2) is 24.3 Å². The van der Waals surface area contributed by atoms with Crippen molar-refractivity contribution in [1.29, 1.82) is 0 Å². The Morgan fingerprint density at radius 3 is 3.00 bits per heavy atom. The van der Waals surface area contributed by atoms with Gasteiger partial charge < -0.3 is 9.64 Å². The summed E-state index contributed by atoms with van der Waals surface area (Å²) < 4.78 is 8.28. The molecule has 0 amide bonds. The highest BCUT2D eigenvalue weighted by molar-refractivity contribution is 5.82. The minimum atomic E-state index is 0.175. The van der Waals surface area contributed by atoms with Crippen molar-refractivity contribution in [2.75, 3.05) is 20.2 Å². The fraction of sp³-hybridized carbons (Fsp3) is 0.533. The number of rotatable bonds is 1. The standard InChI is InChI=1S/C15H19N3O/c1-17-8-4-7-13(17)15-14-11-5-2-3-6-12(11)16-18(14)9-10-19-15/h2-3,5-6,13,15H,4,7-10H2,1H3. The van der Waals surface area contributed by atoms with Crippen LogP contribution >= 0.6 is 0 Å². The van der Waals surface area contributed by atoms with Gasteiger partial charge in [0, 0.05) is 11.4 Å². The number of hydrogen-bond acceptors (Lipinski definition) is 3. The lowest BCUT2D eigenvalue weighted by Crippen LogP contribution is -2.37. The quantitative estimate of drug-likeness (QED) is 0.784. The summed E-state index contributed by atoms with van der Waals surface area (Å²) in [5, 5.41) is 5.98. The molecular weight excluding hydrogens is 238 g/mol. The van der Waals surface area contributed by atoms with Crippen LogP contribution < -0.4 is 0 Å². The smallest absolute Gasteiger partial charge is 0.115 e. The van der Waals surface area contributed by atoms with Gasteiger partial charge >= 0.3 is 0 Å². The van der Waals surface area contributed by atoms with Gasteiger partial charge in [-0.3, -0.25) is 4.68 Å². The zero-order chi connectivity index (χ0) is 12.8. The van der Waals surface area contributed by atoms with Gasteiger partial charge in [-0.2, -0.15) is 5.10 Å². The predicted octanol–water partition coefficient (Wildman–Crippen LogP) is 2.20. The number of likely N-dealkylation sites (tertiary alicyclic amines) is 1. The van der Waals surface area contributed by atoms with E-state index in [0.717, 1.165) is 18.7 Å². The van der Waals surface area contributed by atoms with Gasteiger partial charge in [-0.1, -0.05) is 18.2 Å². The van der Waals surface area contributed by atoms with Gasteiger partial charge in [0.05, 0.1) is 24.4 Å². The van der Waals surface area contributed by atoms with Crippen LogP contribution in [0, 0.1) is 0 Å². The van der Waals surface area contributed by atoms with E-state index >= 15 is 0 Å². The second-order valence-electron chi connectivity index (χ2n) is 5.61. The zero-order valence-corrected chi connectivity index (χ0v) is 11.2. The normalized spacial score (nSPS) is 27.8. The van der Waals surface area contributed by atoms with Crippen LogP contribution in [0.1, 0.15) is 24.6 Å². The fourth-order valence-corrected chi connectivity index (χ4v) is 3.53. The summed E-state index contributed by atoms with van der Waals surface area (Å²) >= 11 is 0. The summed E-state index contributed by atoms with van der Waals surface area (Å²) in [6.07, 6.45) is 2.67. The van der Waals surface area contributed by atoms with Crippen molar-refractivity contribution in [3.8, 4) is 0 Å². The molecule has 4 rings (SSSR count). The van der Waals surface area contributed by atoms with Gasteiger partial charge in [-0.15, -0.1) is 0 Å². The first kappa shape index (κ1) is 11.4. The topological polar surface area (TPSA) is 30.3 Å². The highest BCUT2D eigenvalue weighted by Gasteiger charge is 2.36. The summed E-state index contributed by atoms with van der Waals surface area (Å²) in [5.41, 5.74) is 2.37. The molecule has 100 valence electrons. The Morgan fingerprint density at radius 1 is 1.26 bits per heavy atom. The Bertz CT molecular complexity index is 606. The summed E-state index contributed by atoms with van der Waals surface area (Å²) in [5.74, 6) is 0. The lowest BCUT2D eigenvalue weighted by atomic mass is 10.0. The number of ether oxygens (including phenoxy) is 1. The Labute approximate surface area is 113 Å². The maximum atomic E-state index is 6.12. The Hall–Kier alpha value is -1.39. The molecule has 1 aromatic heterocycles. The summed E-state index contributed by atoms with van der Waals surface area (Å²) in [6, 6.07) is 8.91. The van der Waals surface area contributed by atoms with Crippen molar-refractivity contribution in [1.82, 2.24) is 14.7 Å². The molecule has 0 bridgehead atoms. The van der Waals surface area contributed by atoms with E-state index in [4.69, 9.17) is 9.84 Å². The van der Waals surface area contributed by atoms with Crippen molar-refractivity contribution >= 4 is 10.9 Å². The third-order valence-electron chi connectivity index (χ3n) is 4.48. The molecule has 2 atom stereocenters. The third-order valence-corrected chi connectivity index (χ3v) is 4.48. The van der Waals surface area contributed by atoms with Crippen LogP contribution in [0.3, 0.4) is 0 Å². The van der Waals surface area contributed by atoms with Crippen LogP contribution in [0.4, 0.5) is 0 Å². The second-order valence-corrected chi connectivity index (χ2v) is 5.61. The van der Waals surface area contributed by atoms with Crippen molar-refractivity contribution in [3.63, 3.8) is 0 Å². The minimum Gasteiger partial charge on any atom is -0.368 e. The Morgan fingerprint density at radius 2 is 2.16 bits per heavy atom. The van der Waals surface area contributed by atoms with Crippen LogP contribution in [-0.2, 0) is 11.3 Å². The van der Waals surface area contributed by atoms with Crippen molar-refractivity contribution < 1.29 is 4.74 Å². The molecule has 1 fully saturated rings. The van der Waals surface area contributed by atoms with Crippen LogP contribution in [0.25, 0.3) is 10.9 Å². The monoisotopic (exact) mass is 257 g/mol. The molecule has 0 saturated carbocycles. The van der Waals surface area contributed by atoms with E-state index in [1.54, 1.807) is 0 Å². The van der Waals surface area contributed by atoms with Crippen molar-refractivity contribution in [3.05, 3.63) is 30.0 Å². The molecule has 2 unspecified atom stereocenters. The Kier molecular flexibility index (Phi) is 2.60. The lowest BCUT2D eigenvalue weighted by molar-refractivity contribution is -0.0251. The molecule has 2 aromatic rings. The van der Waals surface area contributed by atoms with E-state index in [1.165, 1.54) is 30.5 Å². The number of nitrogens with zero attached hydrogens (tertiary/aromatic N) is 3. The molecule has 2 aliphatic rings. The lowest BCUT2D eigenvalue weighted by Gasteiger charge is -2.32. The van der Waals surface area contributed by atoms with Gasteiger partial charge in [0.2, 0.25) is 0 Å². The fourth-order valence-electron chi connectivity index (χ4n) is 3.53. The molecule has 0 aliphatic carbocycles. The highest BCUT2D eigenvalue weighted by Crippen LogP contribution is 2.36. The Balaban J connectivity index is 1.84. The van der Waals surface area contributed by atoms with Crippen molar-refractivity contribution in [2.24, 2.45) is 0 Å². The highest BCUT2D eigenvalue weighted by atomic mass is 16.5. The van der Waals surface area contributed by atoms with Crippen LogP contribution in [0.5, 0.6) is 0 Å². The molecule has 0 radical (unpaired) electrons. The maximum Gasteiger partial charge on any atom is 0.115 e. The number of fused-ring (bicyclic) bond motifs is 3. The number of benzene rings is 1. The van der Waals surface area contributed by atoms with E-state index in [9.17, 15) is 0 Å². The van der Waals surface area contributed by atoms with E-state index < -0.39 is 0 Å². The number of aromatic nitrogens is 2. The molecule has 0 spiro atoms. The SMILES string of the molecule is CN1CCCC1C1OCCn2nc3ccccc3c21. The van der Waals surface area contributed by atoms with Crippen LogP contribution in [0.2, 0.25) is 0 Å². The van der Waals surface area contributed by atoms with Gasteiger partial charge in [0.1, 0.15) is 6.10 Å². The molecule has 4 heteroatoms. The molecule has 0 N–H and O–H groups in total. The zero-order valence-electron chi connectivity index (χ0n) is 11.2. The summed E-state index contributed by atoms with van der Waals surface area (Å²) in [7, 11) is 2.21. The van der Waals surface area contributed by atoms with Crippen molar-refractivity contribution in [2.45, 2.75) is 31.5 Å². The van der Waals surface area contributed by atoms with Gasteiger partial charge in [0.25, 0.3) is 0 Å².